The van der Waals surface area contributed by atoms with E-state index in [4.69, 9.17) is 5.41 Å². The molecule has 0 unspecified atom stereocenters. The lowest BCUT2D eigenvalue weighted by atomic mass is 10.1. The average Bonchev–Trinajstić information content (AvgIpc) is 3.04. The molecule has 0 bridgehead atoms. The first-order chi connectivity index (χ1) is 15.0. The molecular weight excluding hydrogens is 396 g/mol. The quantitative estimate of drug-likeness (QED) is 0.293. The Morgan fingerprint density at radius 1 is 0.871 bits per heavy atom. The number of allylic oxidation sites excluding steroid dienone is 1. The minimum absolute atomic E-state index is 0.0171. The number of nitro benzene ring substituents is 1. The highest BCUT2D eigenvalue weighted by molar-refractivity contribution is 6.36. The maximum atomic E-state index is 13.3. The van der Waals surface area contributed by atoms with E-state index in [0.717, 1.165) is 12.1 Å². The topological polar surface area (TPSA) is 108 Å². The number of ketones is 1. The van der Waals surface area contributed by atoms with E-state index in [2.05, 4.69) is 0 Å². The van der Waals surface area contributed by atoms with Gasteiger partial charge in [-0.3, -0.25) is 30.0 Å². The minimum atomic E-state index is -0.590. The molecule has 1 amide bonds. The summed E-state index contributed by atoms with van der Waals surface area (Å²) in [6.07, 6.45) is 1.12. The standard InChI is InChI=1S/C23H16N4O4/c24-23-25(17-9-3-1-4-10-17)20(22(29)26(23)18-11-5-2-6-12-18)15-21(28)16-8-7-13-19(14-16)27(30)31/h1-15,24H/b20-15+,24-23?. The van der Waals surface area contributed by atoms with Crippen molar-refractivity contribution in [2.75, 3.05) is 9.80 Å². The fraction of sp³-hybridized carbons (Fsp3) is 0. The lowest BCUT2D eigenvalue weighted by molar-refractivity contribution is -0.384. The molecule has 3 aromatic carbocycles. The average molecular weight is 412 g/mol. The van der Waals surface area contributed by atoms with Crippen LogP contribution >= 0.6 is 0 Å². The molecule has 31 heavy (non-hydrogen) atoms. The predicted octanol–water partition coefficient (Wildman–Crippen LogP) is 4.15. The van der Waals surface area contributed by atoms with E-state index >= 15 is 0 Å². The molecular formula is C23H16N4O4. The van der Waals surface area contributed by atoms with Crippen molar-refractivity contribution in [1.29, 1.82) is 5.41 Å². The number of hydrogen-bond acceptors (Lipinski definition) is 5. The van der Waals surface area contributed by atoms with Crippen molar-refractivity contribution in [1.82, 2.24) is 0 Å². The molecule has 1 aliphatic heterocycles. The van der Waals surface area contributed by atoms with E-state index in [1.807, 2.05) is 0 Å². The number of guanidine groups is 1. The molecule has 1 heterocycles. The Kier molecular flexibility index (Phi) is 5.11. The van der Waals surface area contributed by atoms with Gasteiger partial charge in [0, 0.05) is 29.5 Å². The van der Waals surface area contributed by atoms with Crippen LogP contribution in [0.25, 0.3) is 0 Å². The van der Waals surface area contributed by atoms with Gasteiger partial charge in [0.05, 0.1) is 10.6 Å². The number of nitrogens with one attached hydrogen (secondary N) is 1. The van der Waals surface area contributed by atoms with Gasteiger partial charge in [0.1, 0.15) is 5.70 Å². The highest BCUT2D eigenvalue weighted by Crippen LogP contribution is 2.31. The normalized spacial score (nSPS) is 14.9. The van der Waals surface area contributed by atoms with Crippen LogP contribution in [0, 0.1) is 15.5 Å². The molecule has 4 rings (SSSR count). The van der Waals surface area contributed by atoms with Gasteiger partial charge in [0.15, 0.2) is 5.78 Å². The number of benzene rings is 3. The number of para-hydroxylation sites is 2. The van der Waals surface area contributed by atoms with E-state index < -0.39 is 16.6 Å². The maximum Gasteiger partial charge on any atom is 0.282 e. The third-order valence-electron chi connectivity index (χ3n) is 4.72. The number of anilines is 2. The number of amides is 1. The van der Waals surface area contributed by atoms with Gasteiger partial charge >= 0.3 is 0 Å². The van der Waals surface area contributed by atoms with E-state index in [0.29, 0.717) is 11.4 Å². The highest BCUT2D eigenvalue weighted by atomic mass is 16.6. The molecule has 1 N–H and O–H groups in total. The summed E-state index contributed by atoms with van der Waals surface area (Å²) >= 11 is 0. The van der Waals surface area contributed by atoms with E-state index in [1.165, 1.54) is 28.0 Å². The molecule has 3 aromatic rings. The van der Waals surface area contributed by atoms with Crippen molar-refractivity contribution < 1.29 is 14.5 Å². The molecule has 0 saturated carbocycles. The van der Waals surface area contributed by atoms with Crippen LogP contribution in [-0.2, 0) is 4.79 Å². The molecule has 152 valence electrons. The smallest absolute Gasteiger partial charge is 0.282 e. The van der Waals surface area contributed by atoms with Gasteiger partial charge in [0.25, 0.3) is 11.6 Å². The summed E-state index contributed by atoms with van der Waals surface area (Å²) in [6, 6.07) is 22.8. The van der Waals surface area contributed by atoms with Crippen molar-refractivity contribution in [2.45, 2.75) is 0 Å². The van der Waals surface area contributed by atoms with Gasteiger partial charge in [0.2, 0.25) is 5.96 Å². The van der Waals surface area contributed by atoms with Gasteiger partial charge in [-0.05, 0) is 24.3 Å². The third kappa shape index (κ3) is 3.69. The number of rotatable bonds is 5. The van der Waals surface area contributed by atoms with Crippen molar-refractivity contribution >= 4 is 34.7 Å². The molecule has 1 saturated heterocycles. The van der Waals surface area contributed by atoms with Crippen LogP contribution in [0.1, 0.15) is 10.4 Å². The third-order valence-corrected chi connectivity index (χ3v) is 4.72. The largest absolute Gasteiger partial charge is 0.289 e. The SMILES string of the molecule is N=C1N(c2ccccc2)C(=O)/C(=C\C(=O)c2cccc([N+](=O)[O-])c2)N1c1ccccc1. The van der Waals surface area contributed by atoms with Crippen molar-refractivity contribution in [3.63, 3.8) is 0 Å². The van der Waals surface area contributed by atoms with Crippen molar-refractivity contribution in [3.8, 4) is 0 Å². The Morgan fingerprint density at radius 3 is 2.03 bits per heavy atom. The lowest BCUT2D eigenvalue weighted by Gasteiger charge is -2.20. The number of non-ortho nitro benzene ring substituents is 1. The summed E-state index contributed by atoms with van der Waals surface area (Å²) in [7, 11) is 0. The van der Waals surface area contributed by atoms with E-state index in [9.17, 15) is 19.7 Å². The Labute approximate surface area is 177 Å². The Hall–Kier alpha value is -4.59. The molecule has 0 aliphatic carbocycles. The summed E-state index contributed by atoms with van der Waals surface area (Å²) in [4.78, 5) is 39.2. The van der Waals surface area contributed by atoms with Crippen LogP contribution in [0.2, 0.25) is 0 Å². The molecule has 1 fully saturated rings. The van der Waals surface area contributed by atoms with Crippen LogP contribution in [-0.4, -0.2) is 22.6 Å². The summed E-state index contributed by atoms with van der Waals surface area (Å²) in [6.45, 7) is 0. The molecule has 0 radical (unpaired) electrons. The number of hydrogen-bond donors (Lipinski definition) is 1. The fourth-order valence-electron chi connectivity index (χ4n) is 3.28. The van der Waals surface area contributed by atoms with Gasteiger partial charge in [-0.1, -0.05) is 48.5 Å². The van der Waals surface area contributed by atoms with E-state index in [1.54, 1.807) is 60.7 Å². The summed E-state index contributed by atoms with van der Waals surface area (Å²) in [5.74, 6) is -1.24. The first-order valence-electron chi connectivity index (χ1n) is 9.31. The summed E-state index contributed by atoms with van der Waals surface area (Å²) in [5.41, 5.74) is 0.867. The molecule has 0 spiro atoms. The molecule has 1 aliphatic rings. The summed E-state index contributed by atoms with van der Waals surface area (Å²) in [5, 5.41) is 19.7. The van der Waals surface area contributed by atoms with Gasteiger partial charge in [-0.2, -0.15) is 0 Å². The Morgan fingerprint density at radius 2 is 1.45 bits per heavy atom. The van der Waals surface area contributed by atoms with Crippen molar-refractivity contribution in [3.05, 3.63) is 112 Å². The number of nitrogens with zero attached hydrogens (tertiary/aromatic N) is 3. The predicted molar refractivity (Wildman–Crippen MR) is 116 cm³/mol. The van der Waals surface area contributed by atoms with Crippen LogP contribution in [0.5, 0.6) is 0 Å². The zero-order chi connectivity index (χ0) is 22.0. The summed E-state index contributed by atoms with van der Waals surface area (Å²) < 4.78 is 0. The second-order valence-corrected chi connectivity index (χ2v) is 6.67. The lowest BCUT2D eigenvalue weighted by Crippen LogP contribution is -2.33. The maximum absolute atomic E-state index is 13.3. The Bertz CT molecular complexity index is 1220. The first kappa shape index (κ1) is 19.7. The second-order valence-electron chi connectivity index (χ2n) is 6.67. The van der Waals surface area contributed by atoms with Crippen molar-refractivity contribution in [2.24, 2.45) is 0 Å². The fourth-order valence-corrected chi connectivity index (χ4v) is 3.28. The first-order valence-corrected chi connectivity index (χ1v) is 9.31. The highest BCUT2D eigenvalue weighted by Gasteiger charge is 2.40. The van der Waals surface area contributed by atoms with Crippen LogP contribution < -0.4 is 9.80 Å². The van der Waals surface area contributed by atoms with Gasteiger partial charge < -0.3 is 0 Å². The molecule has 0 atom stereocenters. The van der Waals surface area contributed by atoms with Gasteiger partial charge in [-0.25, -0.2) is 4.90 Å². The monoisotopic (exact) mass is 412 g/mol. The van der Waals surface area contributed by atoms with Gasteiger partial charge in [-0.15, -0.1) is 0 Å². The Balaban J connectivity index is 1.80. The zero-order valence-corrected chi connectivity index (χ0v) is 16.1. The van der Waals surface area contributed by atoms with E-state index in [-0.39, 0.29) is 22.9 Å². The second kappa shape index (κ2) is 8.03. The van der Waals surface area contributed by atoms with Crippen LogP contribution in [0.3, 0.4) is 0 Å². The zero-order valence-electron chi connectivity index (χ0n) is 16.1. The minimum Gasteiger partial charge on any atom is -0.289 e. The molecule has 0 aromatic heterocycles. The number of carbonyl (C=O) groups is 2. The van der Waals surface area contributed by atoms with Crippen LogP contribution in [0.4, 0.5) is 17.1 Å². The number of carbonyl (C=O) groups excluding carboxylic acids is 2. The molecule has 8 nitrogen and oxygen atoms in total. The number of nitro groups is 1. The molecule has 8 heteroatoms. The van der Waals surface area contributed by atoms with Crippen LogP contribution in [0.15, 0.2) is 96.7 Å².